The summed E-state index contributed by atoms with van der Waals surface area (Å²) in [6.07, 6.45) is 17.4. The van der Waals surface area contributed by atoms with Crippen molar-refractivity contribution in [3.05, 3.63) is 0 Å². The molecule has 0 atom stereocenters. The summed E-state index contributed by atoms with van der Waals surface area (Å²) in [6.45, 7) is 47.8. The topological polar surface area (TPSA) is 145 Å². The van der Waals surface area contributed by atoms with Crippen LogP contribution in [0.4, 0.5) is 0 Å². The molecular formula is C62H126N2O8. The van der Waals surface area contributed by atoms with E-state index in [2.05, 4.69) is 10.6 Å². The first-order valence-electron chi connectivity index (χ1n) is 26.4. The van der Waals surface area contributed by atoms with Gasteiger partial charge in [0.1, 0.15) is 11.6 Å². The van der Waals surface area contributed by atoms with Gasteiger partial charge >= 0.3 is 11.9 Å². The van der Waals surface area contributed by atoms with Crippen LogP contribution in [-0.2, 0) is 38.2 Å². The van der Waals surface area contributed by atoms with Crippen LogP contribution in [0.3, 0.4) is 0 Å². The first kappa shape index (κ1) is 80.6. The maximum absolute atomic E-state index is 11.6. The number of Topliss-reactive ketones (excluding diaryl/α,β-unsaturated/α-hetero) is 2. The van der Waals surface area contributed by atoms with E-state index in [0.717, 1.165) is 0 Å². The van der Waals surface area contributed by atoms with Gasteiger partial charge in [-0.1, -0.05) is 193 Å². The number of carbonyl (C=O) groups is 6. The molecule has 4 aliphatic rings. The van der Waals surface area contributed by atoms with Crippen LogP contribution in [0.25, 0.3) is 0 Å². The molecule has 0 bridgehead atoms. The standard InChI is InChI=1S/2C11H21NO.2C9H16O2.2C9H18O.4CH4/c2*1-11(2,3)10(13)12-9-7-5-4-6-8-9;2*1-9(2,3)8(10)11-6-7-4-5-7;2*1-8(2,3)7(10)9(4,5)6;;;;/h2*9H,4-8H2,1-3H3,(H,12,13);2*7H,4-6H2,1-3H3;2*1-6H3;4*1H4. The van der Waals surface area contributed by atoms with Crippen molar-refractivity contribution in [1.82, 2.24) is 10.6 Å². The first-order chi connectivity index (χ1) is 30.3. The van der Waals surface area contributed by atoms with Gasteiger partial charge < -0.3 is 20.1 Å². The van der Waals surface area contributed by atoms with Crippen LogP contribution in [0.1, 0.15) is 286 Å². The largest absolute Gasteiger partial charge is 0.465 e. The van der Waals surface area contributed by atoms with Crippen molar-refractivity contribution in [2.45, 2.75) is 298 Å². The molecule has 2 amide bonds. The smallest absolute Gasteiger partial charge is 0.311 e. The summed E-state index contributed by atoms with van der Waals surface area (Å²) in [5.41, 5.74) is -1.94. The van der Waals surface area contributed by atoms with Crippen molar-refractivity contribution in [2.75, 3.05) is 13.2 Å². The van der Waals surface area contributed by atoms with E-state index in [-0.39, 0.29) is 96.8 Å². The monoisotopic (exact) mass is 1030 g/mol. The molecule has 432 valence electrons. The zero-order valence-electron chi connectivity index (χ0n) is 48.9. The highest BCUT2D eigenvalue weighted by molar-refractivity contribution is 5.88. The SMILES string of the molecule is C.C.C.C.CC(C)(C)C(=O)C(C)(C)C.CC(C)(C)C(=O)C(C)(C)C.CC(C)(C)C(=O)NC1CCCCC1.CC(C)(C)C(=O)NC1CCCCC1.CC(C)(C)C(=O)OCC1CC1.CC(C)(C)C(=O)OCC1CC1. The fourth-order valence-corrected chi connectivity index (χ4v) is 6.94. The number of carbonyl (C=O) groups excluding carboxylic acids is 6. The number of ether oxygens (including phenoxy) is 2. The molecule has 4 rings (SSSR count). The Morgan fingerprint density at radius 3 is 0.667 bits per heavy atom. The lowest BCUT2D eigenvalue weighted by molar-refractivity contribution is -0.154. The van der Waals surface area contributed by atoms with Gasteiger partial charge in [0.2, 0.25) is 11.8 Å². The molecule has 0 aromatic rings. The third kappa shape index (κ3) is 40.6. The number of esters is 2. The van der Waals surface area contributed by atoms with Gasteiger partial charge in [0, 0.05) is 44.6 Å². The summed E-state index contributed by atoms with van der Waals surface area (Å²) in [5, 5.41) is 6.24. The molecule has 10 heteroatoms. The molecule has 72 heavy (non-hydrogen) atoms. The van der Waals surface area contributed by atoms with Gasteiger partial charge in [0.05, 0.1) is 24.0 Å². The van der Waals surface area contributed by atoms with Crippen molar-refractivity contribution in [3.8, 4) is 0 Å². The highest BCUT2D eigenvalue weighted by atomic mass is 16.5. The number of hydrogen-bond donors (Lipinski definition) is 2. The van der Waals surface area contributed by atoms with Gasteiger partial charge in [-0.2, -0.15) is 0 Å². The van der Waals surface area contributed by atoms with E-state index in [1.165, 1.54) is 89.9 Å². The van der Waals surface area contributed by atoms with E-state index in [9.17, 15) is 28.8 Å². The molecule has 0 aromatic carbocycles. The van der Waals surface area contributed by atoms with Crippen LogP contribution in [0, 0.1) is 55.2 Å². The summed E-state index contributed by atoms with van der Waals surface area (Å²) in [6, 6.07) is 0.890. The van der Waals surface area contributed by atoms with Gasteiger partial charge in [-0.15, -0.1) is 0 Å². The van der Waals surface area contributed by atoms with Crippen LogP contribution < -0.4 is 10.6 Å². The van der Waals surface area contributed by atoms with E-state index in [1.807, 2.05) is 166 Å². The van der Waals surface area contributed by atoms with Gasteiger partial charge in [-0.25, -0.2) is 0 Å². The summed E-state index contributed by atoms with van der Waals surface area (Å²) in [4.78, 5) is 68.6. The van der Waals surface area contributed by atoms with Crippen LogP contribution in [-0.4, -0.2) is 60.6 Å². The minimum atomic E-state index is -0.338. The molecule has 0 spiro atoms. The third-order valence-corrected chi connectivity index (χ3v) is 11.5. The van der Waals surface area contributed by atoms with E-state index < -0.39 is 0 Å². The lowest BCUT2D eigenvalue weighted by atomic mass is 9.76. The van der Waals surface area contributed by atoms with Crippen LogP contribution in [0.5, 0.6) is 0 Å². The Labute approximate surface area is 448 Å². The molecule has 0 radical (unpaired) electrons. The average molecular weight is 1030 g/mol. The molecule has 10 nitrogen and oxygen atoms in total. The molecule has 0 unspecified atom stereocenters. The lowest BCUT2D eigenvalue weighted by Crippen LogP contribution is -2.42. The molecule has 4 aliphatic carbocycles. The van der Waals surface area contributed by atoms with E-state index in [1.54, 1.807) is 0 Å². The van der Waals surface area contributed by atoms with Crippen LogP contribution in [0.2, 0.25) is 0 Å². The molecule has 0 aromatic heterocycles. The number of ketones is 2. The lowest BCUT2D eigenvalue weighted by Gasteiger charge is -2.26. The van der Waals surface area contributed by atoms with E-state index in [4.69, 9.17) is 9.47 Å². The number of amides is 2. The summed E-state index contributed by atoms with van der Waals surface area (Å²) >= 11 is 0. The zero-order chi connectivity index (χ0) is 53.9. The maximum atomic E-state index is 11.6. The molecule has 0 aliphatic heterocycles. The van der Waals surface area contributed by atoms with Crippen LogP contribution >= 0.6 is 0 Å². The third-order valence-electron chi connectivity index (χ3n) is 11.5. The first-order valence-corrected chi connectivity index (χ1v) is 26.4. The average Bonchev–Trinajstić information content (AvgIpc) is 4.11. The van der Waals surface area contributed by atoms with Gasteiger partial charge in [0.25, 0.3) is 0 Å². The normalized spacial score (nSPS) is 16.4. The van der Waals surface area contributed by atoms with Crippen molar-refractivity contribution in [3.63, 3.8) is 0 Å². The van der Waals surface area contributed by atoms with Crippen molar-refractivity contribution in [2.24, 2.45) is 55.2 Å². The van der Waals surface area contributed by atoms with E-state index >= 15 is 0 Å². The molecule has 4 fully saturated rings. The zero-order valence-corrected chi connectivity index (χ0v) is 48.9. The Morgan fingerprint density at radius 1 is 0.319 bits per heavy atom. The van der Waals surface area contributed by atoms with Gasteiger partial charge in [-0.05, 0) is 105 Å². The Balaban J connectivity index is -0.000000180. The second-order valence-electron chi connectivity index (χ2n) is 28.4. The Hall–Kier alpha value is -2.78. The Morgan fingerprint density at radius 2 is 0.528 bits per heavy atom. The minimum Gasteiger partial charge on any atom is -0.465 e. The van der Waals surface area contributed by atoms with Crippen molar-refractivity contribution < 1.29 is 38.2 Å². The summed E-state index contributed by atoms with van der Waals surface area (Å²) in [7, 11) is 0. The number of rotatable bonds is 6. The van der Waals surface area contributed by atoms with Crippen LogP contribution in [0.15, 0.2) is 0 Å². The van der Waals surface area contributed by atoms with Gasteiger partial charge in [-0.3, -0.25) is 28.8 Å². The fourth-order valence-electron chi connectivity index (χ4n) is 6.94. The predicted molar refractivity (Wildman–Crippen MR) is 310 cm³/mol. The highest BCUT2D eigenvalue weighted by Gasteiger charge is 2.33. The van der Waals surface area contributed by atoms with Crippen molar-refractivity contribution >= 4 is 35.3 Å². The highest BCUT2D eigenvalue weighted by Crippen LogP contribution is 2.32. The molecule has 0 heterocycles. The van der Waals surface area contributed by atoms with Gasteiger partial charge in [0.15, 0.2) is 0 Å². The van der Waals surface area contributed by atoms with E-state index in [0.29, 0.717) is 48.7 Å². The maximum Gasteiger partial charge on any atom is 0.311 e. The summed E-state index contributed by atoms with van der Waals surface area (Å²) < 4.78 is 10.2. The summed E-state index contributed by atoms with van der Waals surface area (Å²) in [5.74, 6) is 2.20. The predicted octanol–water partition coefficient (Wildman–Crippen LogP) is 16.8. The fraction of sp³-hybridized carbons (Fsp3) is 0.903. The molecule has 4 saturated carbocycles. The number of nitrogens with one attached hydrogen (secondary N) is 2. The Kier molecular flexibility index (Phi) is 38.1. The van der Waals surface area contributed by atoms with Crippen molar-refractivity contribution in [1.29, 1.82) is 0 Å². The second kappa shape index (κ2) is 34.0. The quantitative estimate of drug-likeness (QED) is 0.250. The molecule has 0 saturated heterocycles. The Bertz CT molecular complexity index is 1370. The minimum absolute atomic E-state index is 0. The second-order valence-corrected chi connectivity index (χ2v) is 28.4. The number of hydrogen-bond acceptors (Lipinski definition) is 8. The molecular weight excluding hydrogens is 901 g/mol. The molecule has 2 N–H and O–H groups in total.